The van der Waals surface area contributed by atoms with E-state index in [2.05, 4.69) is 12.2 Å². The second kappa shape index (κ2) is 7.00. The Balaban J connectivity index is 1.83. The van der Waals surface area contributed by atoms with Gasteiger partial charge in [-0.25, -0.2) is 0 Å². The molecule has 0 bridgehead atoms. The molecule has 0 saturated heterocycles. The number of fused-ring (bicyclic) bond motifs is 1. The van der Waals surface area contributed by atoms with Crippen LogP contribution in [-0.2, 0) is 19.0 Å². The zero-order valence-corrected chi connectivity index (χ0v) is 15.1. The molecule has 1 aliphatic rings. The molecular weight excluding hydrogens is 371 g/mol. The Labute approximate surface area is 153 Å². The van der Waals surface area contributed by atoms with E-state index in [0.29, 0.717) is 11.5 Å². The van der Waals surface area contributed by atoms with E-state index >= 15 is 0 Å². The molecule has 1 unspecified atom stereocenters. The summed E-state index contributed by atoms with van der Waals surface area (Å²) in [7, 11) is 0. The molecule has 1 aromatic carbocycles. The first-order valence-electron chi connectivity index (χ1n) is 8.07. The topological polar surface area (TPSA) is 29.1 Å². The lowest BCUT2D eigenvalue weighted by atomic mass is 9.86. The Morgan fingerprint density at radius 1 is 1.40 bits per heavy atom. The first-order valence-corrected chi connectivity index (χ1v) is 9.32. The standard InChI is InChI=1S/C18H17ClF3NOS/c1-2-10-3-5-12-13(9-25-16(12)7-10)17(24)23-15-8-11(18(20,21)22)4-6-14(15)19/h4,6,8-10H,2-3,5,7H2,1H3,(H,23,24). The van der Waals surface area contributed by atoms with Gasteiger partial charge >= 0.3 is 6.18 Å². The quantitative estimate of drug-likeness (QED) is 0.668. The molecule has 134 valence electrons. The number of amides is 1. The minimum atomic E-state index is -4.49. The zero-order chi connectivity index (χ0) is 18.2. The zero-order valence-electron chi connectivity index (χ0n) is 13.5. The summed E-state index contributed by atoms with van der Waals surface area (Å²) in [6, 6.07) is 2.91. The van der Waals surface area contributed by atoms with E-state index in [1.165, 1.54) is 4.88 Å². The molecule has 7 heteroatoms. The molecule has 1 heterocycles. The second-order valence-corrected chi connectivity index (χ2v) is 7.59. The largest absolute Gasteiger partial charge is 0.416 e. The third-order valence-corrected chi connectivity index (χ3v) is 6.00. The maximum atomic E-state index is 12.9. The monoisotopic (exact) mass is 387 g/mol. The average Bonchev–Trinajstić information content (AvgIpc) is 2.98. The minimum absolute atomic E-state index is 0.0244. The fourth-order valence-corrected chi connectivity index (χ4v) is 4.47. The summed E-state index contributed by atoms with van der Waals surface area (Å²) in [6.45, 7) is 2.16. The number of hydrogen-bond donors (Lipinski definition) is 1. The predicted octanol–water partition coefficient (Wildman–Crippen LogP) is 6.19. The van der Waals surface area contributed by atoms with Crippen LogP contribution < -0.4 is 5.32 Å². The van der Waals surface area contributed by atoms with Crippen LogP contribution in [0.4, 0.5) is 18.9 Å². The van der Waals surface area contributed by atoms with Crippen LogP contribution in [-0.4, -0.2) is 5.91 Å². The van der Waals surface area contributed by atoms with Gasteiger partial charge in [-0.05, 0) is 48.9 Å². The summed E-state index contributed by atoms with van der Waals surface area (Å²) in [5, 5.41) is 4.41. The van der Waals surface area contributed by atoms with Crippen molar-refractivity contribution >= 4 is 34.5 Å². The summed E-state index contributed by atoms with van der Waals surface area (Å²) < 4.78 is 38.6. The van der Waals surface area contributed by atoms with Crippen molar-refractivity contribution in [2.45, 2.75) is 38.8 Å². The van der Waals surface area contributed by atoms with Gasteiger partial charge in [-0.15, -0.1) is 11.3 Å². The number of thiophene rings is 1. The van der Waals surface area contributed by atoms with Crippen LogP contribution in [0.3, 0.4) is 0 Å². The minimum Gasteiger partial charge on any atom is -0.321 e. The van der Waals surface area contributed by atoms with Crippen molar-refractivity contribution in [1.82, 2.24) is 0 Å². The molecule has 0 radical (unpaired) electrons. The number of rotatable bonds is 3. The Morgan fingerprint density at radius 2 is 2.16 bits per heavy atom. The Bertz CT molecular complexity index is 800. The predicted molar refractivity (Wildman–Crippen MR) is 94.5 cm³/mol. The molecule has 0 saturated carbocycles. The number of halogens is 4. The fourth-order valence-electron chi connectivity index (χ4n) is 3.11. The summed E-state index contributed by atoms with van der Waals surface area (Å²) in [5.74, 6) is 0.230. The molecule has 3 rings (SSSR count). The van der Waals surface area contributed by atoms with Crippen molar-refractivity contribution in [3.63, 3.8) is 0 Å². The first-order chi connectivity index (χ1) is 11.8. The lowest BCUT2D eigenvalue weighted by Gasteiger charge is -2.21. The lowest BCUT2D eigenvalue weighted by molar-refractivity contribution is -0.137. The van der Waals surface area contributed by atoms with E-state index in [1.54, 1.807) is 16.7 Å². The molecule has 1 aliphatic carbocycles. The van der Waals surface area contributed by atoms with Gasteiger partial charge in [0.05, 0.1) is 21.8 Å². The maximum absolute atomic E-state index is 12.9. The molecule has 1 amide bonds. The Hall–Kier alpha value is -1.53. The van der Waals surface area contributed by atoms with Crippen molar-refractivity contribution in [3.8, 4) is 0 Å². The Morgan fingerprint density at radius 3 is 2.84 bits per heavy atom. The highest BCUT2D eigenvalue weighted by molar-refractivity contribution is 7.10. The van der Waals surface area contributed by atoms with Gasteiger partial charge in [0.15, 0.2) is 0 Å². The summed E-state index contributed by atoms with van der Waals surface area (Å²) in [4.78, 5) is 13.8. The van der Waals surface area contributed by atoms with Gasteiger partial charge in [-0.2, -0.15) is 13.2 Å². The van der Waals surface area contributed by atoms with Crippen molar-refractivity contribution in [1.29, 1.82) is 0 Å². The van der Waals surface area contributed by atoms with Crippen molar-refractivity contribution in [2.24, 2.45) is 5.92 Å². The number of benzene rings is 1. The van der Waals surface area contributed by atoms with Crippen LogP contribution in [0, 0.1) is 5.92 Å². The van der Waals surface area contributed by atoms with Crippen molar-refractivity contribution in [2.75, 3.05) is 5.32 Å². The van der Waals surface area contributed by atoms with Gasteiger partial charge in [-0.1, -0.05) is 24.9 Å². The highest BCUT2D eigenvalue weighted by Gasteiger charge is 2.31. The summed E-state index contributed by atoms with van der Waals surface area (Å²) in [6.07, 6.45) is -0.547. The highest BCUT2D eigenvalue weighted by atomic mass is 35.5. The van der Waals surface area contributed by atoms with E-state index in [9.17, 15) is 18.0 Å². The van der Waals surface area contributed by atoms with Crippen LogP contribution >= 0.6 is 22.9 Å². The van der Waals surface area contributed by atoms with Gasteiger partial charge in [-0.3, -0.25) is 4.79 Å². The maximum Gasteiger partial charge on any atom is 0.416 e. The van der Waals surface area contributed by atoms with E-state index in [-0.39, 0.29) is 10.7 Å². The van der Waals surface area contributed by atoms with E-state index in [1.807, 2.05) is 0 Å². The number of carbonyl (C=O) groups excluding carboxylic acids is 1. The van der Waals surface area contributed by atoms with Gasteiger partial charge in [0, 0.05) is 10.3 Å². The van der Waals surface area contributed by atoms with Crippen LogP contribution in [0.2, 0.25) is 5.02 Å². The van der Waals surface area contributed by atoms with Crippen LogP contribution in [0.15, 0.2) is 23.6 Å². The smallest absolute Gasteiger partial charge is 0.321 e. The number of anilines is 1. The number of carbonyl (C=O) groups is 1. The molecule has 1 N–H and O–H groups in total. The number of nitrogens with one attached hydrogen (secondary N) is 1. The molecule has 2 nitrogen and oxygen atoms in total. The van der Waals surface area contributed by atoms with Crippen LogP contribution in [0.5, 0.6) is 0 Å². The van der Waals surface area contributed by atoms with E-state index < -0.39 is 17.6 Å². The second-order valence-electron chi connectivity index (χ2n) is 6.21. The molecular formula is C18H17ClF3NOS. The first kappa shape index (κ1) is 18.3. The van der Waals surface area contributed by atoms with Crippen LogP contribution in [0.25, 0.3) is 0 Å². The third kappa shape index (κ3) is 3.85. The summed E-state index contributed by atoms with van der Waals surface area (Å²) >= 11 is 7.50. The van der Waals surface area contributed by atoms with Crippen molar-refractivity contribution < 1.29 is 18.0 Å². The molecule has 1 aromatic heterocycles. The fraction of sp³-hybridized carbons (Fsp3) is 0.389. The van der Waals surface area contributed by atoms with E-state index in [0.717, 1.165) is 49.4 Å². The normalized spacial score (nSPS) is 17.2. The van der Waals surface area contributed by atoms with Gasteiger partial charge in [0.25, 0.3) is 5.91 Å². The van der Waals surface area contributed by atoms with Gasteiger partial charge < -0.3 is 5.32 Å². The molecule has 25 heavy (non-hydrogen) atoms. The third-order valence-electron chi connectivity index (χ3n) is 4.62. The van der Waals surface area contributed by atoms with Crippen molar-refractivity contribution in [3.05, 3.63) is 50.2 Å². The number of hydrogen-bond acceptors (Lipinski definition) is 2. The van der Waals surface area contributed by atoms with Gasteiger partial charge in [0.1, 0.15) is 0 Å². The molecule has 0 spiro atoms. The van der Waals surface area contributed by atoms with Gasteiger partial charge in [0.2, 0.25) is 0 Å². The van der Waals surface area contributed by atoms with Crippen LogP contribution in [0.1, 0.15) is 46.1 Å². The number of alkyl halides is 3. The summed E-state index contributed by atoms with van der Waals surface area (Å²) in [5.41, 5.74) is 0.701. The molecule has 1 atom stereocenters. The Kier molecular flexibility index (Phi) is 5.11. The van der Waals surface area contributed by atoms with E-state index in [4.69, 9.17) is 11.6 Å². The average molecular weight is 388 g/mol. The SMILES string of the molecule is CCC1CCc2c(C(=O)Nc3cc(C(F)(F)F)ccc3Cl)csc2C1. The lowest BCUT2D eigenvalue weighted by Crippen LogP contribution is -2.18. The molecule has 0 fully saturated rings. The highest BCUT2D eigenvalue weighted by Crippen LogP contribution is 2.36. The molecule has 2 aromatic rings. The molecule has 0 aliphatic heterocycles.